The zero-order valence-corrected chi connectivity index (χ0v) is 15.3. The van der Waals surface area contributed by atoms with Crippen molar-refractivity contribution >= 4 is 34.8 Å². The molecule has 0 aromatic carbocycles. The van der Waals surface area contributed by atoms with Crippen LogP contribution in [0, 0.1) is 0 Å². The van der Waals surface area contributed by atoms with Gasteiger partial charge in [0.2, 0.25) is 0 Å². The van der Waals surface area contributed by atoms with Crippen LogP contribution in [0.4, 0.5) is 0 Å². The summed E-state index contributed by atoms with van der Waals surface area (Å²) in [5.74, 6) is 1.40. The number of amidine groups is 1. The van der Waals surface area contributed by atoms with Crippen LogP contribution in [0.15, 0.2) is 34.3 Å². The molecule has 1 amide bonds. The zero-order valence-electron chi connectivity index (χ0n) is 13.7. The monoisotopic (exact) mass is 347 g/mol. The minimum absolute atomic E-state index is 0.0163. The van der Waals surface area contributed by atoms with E-state index < -0.39 is 0 Å². The van der Waals surface area contributed by atoms with Crippen molar-refractivity contribution in [3.05, 3.63) is 39.9 Å². The van der Waals surface area contributed by atoms with Gasteiger partial charge in [0.05, 0.1) is 23.1 Å². The van der Waals surface area contributed by atoms with Crippen LogP contribution in [-0.2, 0) is 11.3 Å². The topological polar surface area (TPSA) is 45.6 Å². The summed E-state index contributed by atoms with van der Waals surface area (Å²) in [7, 11) is 0. The number of thioether (sulfide) groups is 1. The molecule has 1 saturated carbocycles. The summed E-state index contributed by atoms with van der Waals surface area (Å²) in [5.41, 5.74) is 3.92. The molecule has 0 spiro atoms. The third-order valence-corrected chi connectivity index (χ3v) is 5.89. The van der Waals surface area contributed by atoms with Gasteiger partial charge in [-0.05, 0) is 44.9 Å². The van der Waals surface area contributed by atoms with Crippen LogP contribution in [0.2, 0.25) is 0 Å². The molecule has 0 saturated heterocycles. The largest absolute Gasteiger partial charge is 0.287 e. The van der Waals surface area contributed by atoms with E-state index in [1.54, 1.807) is 34.1 Å². The second-order valence-electron chi connectivity index (χ2n) is 5.73. The first-order valence-corrected chi connectivity index (χ1v) is 10.00. The normalized spacial score (nSPS) is 23.1. The van der Waals surface area contributed by atoms with E-state index in [9.17, 15) is 4.79 Å². The van der Waals surface area contributed by atoms with Crippen molar-refractivity contribution < 1.29 is 4.79 Å². The van der Waals surface area contributed by atoms with Gasteiger partial charge in [-0.15, -0.1) is 23.1 Å². The van der Waals surface area contributed by atoms with Crippen molar-refractivity contribution in [3.8, 4) is 0 Å². The van der Waals surface area contributed by atoms with Gasteiger partial charge in [-0.1, -0.05) is 6.08 Å². The molecule has 0 N–H and O–H groups in total. The fourth-order valence-electron chi connectivity index (χ4n) is 2.56. The average molecular weight is 348 g/mol. The van der Waals surface area contributed by atoms with Crippen LogP contribution in [0.1, 0.15) is 43.2 Å². The number of rotatable bonds is 5. The maximum absolute atomic E-state index is 12.5. The molecule has 0 bridgehead atoms. The number of aliphatic imine (C=N–C) groups is 1. The van der Waals surface area contributed by atoms with Gasteiger partial charge in [-0.2, -0.15) is 0 Å². The first-order chi connectivity index (χ1) is 11.1. The average Bonchev–Trinajstić information content (AvgIpc) is 3.30. The lowest BCUT2D eigenvalue weighted by atomic mass is 10.1. The van der Waals surface area contributed by atoms with Gasteiger partial charge in [0, 0.05) is 16.5 Å². The third-order valence-electron chi connectivity index (χ3n) is 4.07. The Balaban J connectivity index is 1.93. The number of nitrogens with zero attached hydrogens (tertiary/aromatic N) is 3. The summed E-state index contributed by atoms with van der Waals surface area (Å²) in [6.07, 6.45) is 10.0. The van der Waals surface area contributed by atoms with Crippen LogP contribution >= 0.6 is 23.1 Å². The molecule has 1 aliphatic carbocycles. The standard InChI is InChI=1S/C17H21N3OS2/c1-4-12-7-8-15(21)20(17(12)19-11(2)22-3)9-14-16(13-5-6-13)23-10-18-14/h4,7-8,10-11,13H,5-6,9H2,1-3H3/b12-4-,19-17?. The second kappa shape index (κ2) is 7.01. The lowest BCUT2D eigenvalue weighted by Gasteiger charge is -2.27. The van der Waals surface area contributed by atoms with Crippen molar-refractivity contribution in [2.45, 2.75) is 44.5 Å². The van der Waals surface area contributed by atoms with E-state index in [1.165, 1.54) is 17.7 Å². The van der Waals surface area contributed by atoms with Crippen LogP contribution in [0.5, 0.6) is 0 Å². The summed E-state index contributed by atoms with van der Waals surface area (Å²) >= 11 is 3.38. The Labute approximate surface area is 145 Å². The fourth-order valence-corrected chi connectivity index (χ4v) is 3.74. The molecule has 122 valence electrons. The molecule has 1 aromatic heterocycles. The molecular formula is C17H21N3OS2. The summed E-state index contributed by atoms with van der Waals surface area (Å²) in [6.45, 7) is 4.53. The first-order valence-electron chi connectivity index (χ1n) is 7.83. The highest BCUT2D eigenvalue weighted by molar-refractivity contribution is 7.99. The van der Waals surface area contributed by atoms with E-state index in [2.05, 4.69) is 4.98 Å². The molecule has 1 fully saturated rings. The third kappa shape index (κ3) is 3.58. The number of hydrogen-bond donors (Lipinski definition) is 0. The molecule has 1 aromatic rings. The molecule has 4 nitrogen and oxygen atoms in total. The quantitative estimate of drug-likeness (QED) is 0.809. The molecule has 3 rings (SSSR count). The van der Waals surface area contributed by atoms with Crippen molar-refractivity contribution in [3.63, 3.8) is 0 Å². The van der Waals surface area contributed by atoms with E-state index >= 15 is 0 Å². The van der Waals surface area contributed by atoms with Crippen molar-refractivity contribution in [2.75, 3.05) is 6.26 Å². The maximum atomic E-state index is 12.5. The zero-order chi connectivity index (χ0) is 16.4. The van der Waals surface area contributed by atoms with Crippen molar-refractivity contribution in [1.82, 2.24) is 9.88 Å². The molecule has 23 heavy (non-hydrogen) atoms. The highest BCUT2D eigenvalue weighted by Gasteiger charge is 2.31. The number of carbonyl (C=O) groups excluding carboxylic acids is 1. The minimum atomic E-state index is -0.0163. The van der Waals surface area contributed by atoms with Crippen molar-refractivity contribution in [1.29, 1.82) is 0 Å². The molecule has 1 atom stereocenters. The molecule has 1 aliphatic heterocycles. The molecule has 0 radical (unpaired) electrons. The van der Waals surface area contributed by atoms with E-state index in [0.29, 0.717) is 12.5 Å². The lowest BCUT2D eigenvalue weighted by molar-refractivity contribution is -0.123. The number of thiazole rings is 1. The predicted octanol–water partition coefficient (Wildman–Crippen LogP) is 3.97. The number of carbonyl (C=O) groups is 1. The Hall–Kier alpha value is -1.40. The second-order valence-corrected chi connectivity index (χ2v) is 7.77. The summed E-state index contributed by atoms with van der Waals surface area (Å²) in [5, 5.41) is 0.111. The Kier molecular flexibility index (Phi) is 5.02. The number of aromatic nitrogens is 1. The van der Waals surface area contributed by atoms with Gasteiger partial charge < -0.3 is 0 Å². The van der Waals surface area contributed by atoms with Crippen LogP contribution in [0.3, 0.4) is 0 Å². The highest BCUT2D eigenvalue weighted by atomic mass is 32.2. The Morgan fingerprint density at radius 1 is 1.52 bits per heavy atom. The van der Waals surface area contributed by atoms with Gasteiger partial charge in [0.25, 0.3) is 5.91 Å². The summed E-state index contributed by atoms with van der Waals surface area (Å²) in [4.78, 5) is 24.8. The SMILES string of the molecule is C/C=C1/C=CC(=O)N(Cc2ncsc2C2CC2)C1=NC(C)SC. The number of hydrogen-bond acceptors (Lipinski definition) is 5. The van der Waals surface area contributed by atoms with E-state index in [-0.39, 0.29) is 11.3 Å². The van der Waals surface area contributed by atoms with Crippen LogP contribution in [-0.4, -0.2) is 33.3 Å². The maximum Gasteiger partial charge on any atom is 0.252 e. The van der Waals surface area contributed by atoms with Crippen LogP contribution < -0.4 is 0 Å². The van der Waals surface area contributed by atoms with E-state index in [1.807, 2.05) is 37.8 Å². The fraction of sp³-hybridized carbons (Fsp3) is 0.471. The van der Waals surface area contributed by atoms with Gasteiger partial charge in [0.1, 0.15) is 5.84 Å². The number of amides is 1. The van der Waals surface area contributed by atoms with E-state index in [4.69, 9.17) is 4.99 Å². The summed E-state index contributed by atoms with van der Waals surface area (Å²) < 4.78 is 0. The molecule has 2 aliphatic rings. The van der Waals surface area contributed by atoms with Gasteiger partial charge in [-0.25, -0.2) is 4.98 Å². The van der Waals surface area contributed by atoms with Gasteiger partial charge >= 0.3 is 0 Å². The van der Waals surface area contributed by atoms with E-state index in [0.717, 1.165) is 17.1 Å². The number of allylic oxidation sites excluding steroid dienone is 1. The smallest absolute Gasteiger partial charge is 0.252 e. The molecule has 2 heterocycles. The van der Waals surface area contributed by atoms with Gasteiger partial charge in [-0.3, -0.25) is 14.7 Å². The molecule has 1 unspecified atom stereocenters. The summed E-state index contributed by atoms with van der Waals surface area (Å²) in [6, 6.07) is 0. The first kappa shape index (κ1) is 16.5. The highest BCUT2D eigenvalue weighted by Crippen LogP contribution is 2.43. The van der Waals surface area contributed by atoms with Crippen LogP contribution in [0.25, 0.3) is 0 Å². The Bertz CT molecular complexity index is 686. The predicted molar refractivity (Wildman–Crippen MR) is 97.9 cm³/mol. The van der Waals surface area contributed by atoms with Gasteiger partial charge in [0.15, 0.2) is 0 Å². The lowest BCUT2D eigenvalue weighted by Crippen LogP contribution is -2.39. The minimum Gasteiger partial charge on any atom is -0.287 e. The molecular weight excluding hydrogens is 326 g/mol. The Morgan fingerprint density at radius 3 is 2.96 bits per heavy atom. The van der Waals surface area contributed by atoms with Crippen molar-refractivity contribution in [2.24, 2.45) is 4.99 Å². The molecule has 6 heteroatoms. The Morgan fingerprint density at radius 2 is 2.30 bits per heavy atom.